The third kappa shape index (κ3) is 2.72. The van der Waals surface area contributed by atoms with Gasteiger partial charge in [0.1, 0.15) is 10.8 Å². The number of aromatic nitrogens is 2. The van der Waals surface area contributed by atoms with Gasteiger partial charge in [-0.25, -0.2) is 9.97 Å². The molecule has 1 saturated heterocycles. The van der Waals surface area contributed by atoms with E-state index in [1.165, 1.54) is 6.39 Å². The summed E-state index contributed by atoms with van der Waals surface area (Å²) >= 11 is 1.61. The van der Waals surface area contributed by atoms with Crippen molar-refractivity contribution in [2.24, 2.45) is 0 Å². The number of thiazole rings is 1. The molecule has 0 aromatic carbocycles. The number of hydrogen-bond acceptors (Lipinski definition) is 5. The second-order valence-corrected chi connectivity index (χ2v) is 6.53. The normalized spacial score (nSPS) is 19.2. The van der Waals surface area contributed by atoms with Crippen molar-refractivity contribution in [2.75, 3.05) is 6.54 Å². The van der Waals surface area contributed by atoms with E-state index in [2.05, 4.69) is 9.97 Å². The lowest BCUT2D eigenvalue weighted by molar-refractivity contribution is 0.0603. The minimum atomic E-state index is -0.0349. The van der Waals surface area contributed by atoms with Crippen molar-refractivity contribution in [1.82, 2.24) is 14.9 Å². The fraction of sp³-hybridized carbons (Fsp3) is 0.533. The molecule has 3 rings (SSSR count). The van der Waals surface area contributed by atoms with Crippen LogP contribution >= 0.6 is 11.3 Å². The van der Waals surface area contributed by atoms with Crippen LogP contribution in [0.3, 0.4) is 0 Å². The number of likely N-dealkylation sites (tertiary alicyclic amines) is 1. The number of oxazole rings is 1. The number of rotatable bonds is 3. The molecule has 6 heteroatoms. The molecule has 0 bridgehead atoms. The van der Waals surface area contributed by atoms with Crippen LogP contribution in [0.15, 0.2) is 22.4 Å². The summed E-state index contributed by atoms with van der Waals surface area (Å²) in [5.41, 5.74) is 0.452. The summed E-state index contributed by atoms with van der Waals surface area (Å²) in [7, 11) is 0. The van der Waals surface area contributed by atoms with Crippen LogP contribution in [0.1, 0.15) is 66.3 Å². The third-order valence-corrected chi connectivity index (χ3v) is 4.70. The van der Waals surface area contributed by atoms with Crippen molar-refractivity contribution in [3.05, 3.63) is 34.4 Å². The molecular weight excluding hydrogens is 286 g/mol. The van der Waals surface area contributed by atoms with Gasteiger partial charge in [-0.15, -0.1) is 11.3 Å². The quantitative estimate of drug-likeness (QED) is 0.869. The van der Waals surface area contributed by atoms with Crippen LogP contribution in [-0.4, -0.2) is 27.3 Å². The molecule has 0 unspecified atom stereocenters. The fourth-order valence-corrected chi connectivity index (χ4v) is 3.58. The summed E-state index contributed by atoms with van der Waals surface area (Å²) in [4.78, 5) is 23.3. The Balaban J connectivity index is 1.89. The number of piperidine rings is 1. The maximum atomic E-state index is 12.9. The van der Waals surface area contributed by atoms with Gasteiger partial charge < -0.3 is 9.32 Å². The van der Waals surface area contributed by atoms with Crippen molar-refractivity contribution in [1.29, 1.82) is 0 Å². The van der Waals surface area contributed by atoms with Crippen LogP contribution in [-0.2, 0) is 0 Å². The van der Waals surface area contributed by atoms with Crippen molar-refractivity contribution >= 4 is 17.2 Å². The predicted octanol–water partition coefficient (Wildman–Crippen LogP) is 3.62. The average molecular weight is 305 g/mol. The molecule has 1 aliphatic rings. The van der Waals surface area contributed by atoms with Crippen LogP contribution < -0.4 is 0 Å². The minimum Gasteiger partial charge on any atom is -0.447 e. The van der Waals surface area contributed by atoms with Crippen molar-refractivity contribution < 1.29 is 9.21 Å². The van der Waals surface area contributed by atoms with E-state index in [1.54, 1.807) is 17.5 Å². The Labute approximate surface area is 128 Å². The first kappa shape index (κ1) is 14.3. The molecule has 0 saturated carbocycles. The molecule has 3 heterocycles. The van der Waals surface area contributed by atoms with Gasteiger partial charge >= 0.3 is 0 Å². The monoisotopic (exact) mass is 305 g/mol. The minimum absolute atomic E-state index is 0.0349. The van der Waals surface area contributed by atoms with Crippen LogP contribution in [0, 0.1) is 0 Å². The molecule has 1 amide bonds. The molecule has 0 spiro atoms. The molecule has 2 aromatic rings. The number of carbonyl (C=O) groups excluding carboxylic acids is 1. The van der Waals surface area contributed by atoms with Crippen molar-refractivity contribution in [2.45, 2.75) is 45.1 Å². The van der Waals surface area contributed by atoms with E-state index < -0.39 is 0 Å². The summed E-state index contributed by atoms with van der Waals surface area (Å²) in [6.07, 6.45) is 6.29. The smallest absolute Gasteiger partial charge is 0.276 e. The number of carbonyl (C=O) groups is 1. The Morgan fingerprint density at radius 3 is 3.00 bits per heavy atom. The van der Waals surface area contributed by atoms with Gasteiger partial charge in [-0.1, -0.05) is 13.8 Å². The van der Waals surface area contributed by atoms with Gasteiger partial charge in [0.15, 0.2) is 12.1 Å². The second kappa shape index (κ2) is 5.97. The fourth-order valence-electron chi connectivity index (χ4n) is 2.79. The molecule has 21 heavy (non-hydrogen) atoms. The van der Waals surface area contributed by atoms with Gasteiger partial charge in [0.2, 0.25) is 0 Å². The lowest BCUT2D eigenvalue weighted by atomic mass is 10.0. The molecule has 1 aliphatic heterocycles. The van der Waals surface area contributed by atoms with Gasteiger partial charge in [0.05, 0.1) is 6.04 Å². The Kier molecular flexibility index (Phi) is 4.05. The van der Waals surface area contributed by atoms with Gasteiger partial charge in [-0.05, 0) is 19.3 Å². The topological polar surface area (TPSA) is 59.2 Å². The Bertz CT molecular complexity index is 606. The summed E-state index contributed by atoms with van der Waals surface area (Å²) in [5.74, 6) is 0.783. The van der Waals surface area contributed by atoms with E-state index in [0.29, 0.717) is 11.5 Å². The van der Waals surface area contributed by atoms with Gasteiger partial charge in [0, 0.05) is 24.0 Å². The molecular formula is C15H19N3O2S. The third-order valence-electron chi connectivity index (χ3n) is 3.82. The summed E-state index contributed by atoms with van der Waals surface area (Å²) in [6.45, 7) is 4.77. The van der Waals surface area contributed by atoms with Crippen LogP contribution in [0.4, 0.5) is 0 Å². The maximum Gasteiger partial charge on any atom is 0.276 e. The Hall–Kier alpha value is -1.69. The van der Waals surface area contributed by atoms with Crippen LogP contribution in [0.25, 0.3) is 0 Å². The highest BCUT2D eigenvalue weighted by Crippen LogP contribution is 2.33. The lowest BCUT2D eigenvalue weighted by Gasteiger charge is -2.34. The molecule has 0 radical (unpaired) electrons. The zero-order valence-electron chi connectivity index (χ0n) is 12.3. The highest BCUT2D eigenvalue weighted by Gasteiger charge is 2.33. The van der Waals surface area contributed by atoms with Gasteiger partial charge in [-0.3, -0.25) is 4.79 Å². The zero-order valence-corrected chi connectivity index (χ0v) is 13.1. The molecule has 112 valence electrons. The zero-order chi connectivity index (χ0) is 14.8. The first-order valence-electron chi connectivity index (χ1n) is 7.32. The molecule has 0 aliphatic carbocycles. The Morgan fingerprint density at radius 1 is 1.43 bits per heavy atom. The van der Waals surface area contributed by atoms with Gasteiger partial charge in [0.25, 0.3) is 5.91 Å². The standard InChI is InChI=1S/C15H19N3O2S/c1-10(2)13-12(17-9-20-13)15(19)18-7-4-3-5-11(18)14-16-6-8-21-14/h6,8-11H,3-5,7H2,1-2H3/t11-/m1/s1. The van der Waals surface area contributed by atoms with E-state index in [-0.39, 0.29) is 17.9 Å². The van der Waals surface area contributed by atoms with E-state index in [0.717, 1.165) is 30.8 Å². The van der Waals surface area contributed by atoms with Gasteiger partial charge in [-0.2, -0.15) is 0 Å². The number of hydrogen-bond donors (Lipinski definition) is 0. The largest absolute Gasteiger partial charge is 0.447 e. The molecule has 5 nitrogen and oxygen atoms in total. The lowest BCUT2D eigenvalue weighted by Crippen LogP contribution is -2.39. The van der Waals surface area contributed by atoms with E-state index in [1.807, 2.05) is 24.1 Å². The molecule has 2 aromatic heterocycles. The van der Waals surface area contributed by atoms with E-state index in [9.17, 15) is 4.79 Å². The summed E-state index contributed by atoms with van der Waals surface area (Å²) in [5, 5.41) is 2.97. The highest BCUT2D eigenvalue weighted by molar-refractivity contribution is 7.09. The van der Waals surface area contributed by atoms with E-state index >= 15 is 0 Å². The van der Waals surface area contributed by atoms with E-state index in [4.69, 9.17) is 4.42 Å². The second-order valence-electron chi connectivity index (χ2n) is 5.60. The van der Waals surface area contributed by atoms with Crippen LogP contribution in [0.2, 0.25) is 0 Å². The average Bonchev–Trinajstić information content (AvgIpc) is 3.17. The Morgan fingerprint density at radius 2 is 2.29 bits per heavy atom. The predicted molar refractivity (Wildman–Crippen MR) is 80.3 cm³/mol. The molecule has 1 atom stereocenters. The summed E-state index contributed by atoms with van der Waals surface area (Å²) in [6, 6.07) is 0.0722. The highest BCUT2D eigenvalue weighted by atomic mass is 32.1. The first-order valence-corrected chi connectivity index (χ1v) is 8.20. The number of nitrogens with zero attached hydrogens (tertiary/aromatic N) is 3. The molecule has 0 N–H and O–H groups in total. The van der Waals surface area contributed by atoms with Crippen LogP contribution in [0.5, 0.6) is 0 Å². The van der Waals surface area contributed by atoms with Crippen molar-refractivity contribution in [3.63, 3.8) is 0 Å². The number of amides is 1. The van der Waals surface area contributed by atoms with Crippen molar-refractivity contribution in [3.8, 4) is 0 Å². The first-order chi connectivity index (χ1) is 10.2. The molecule has 1 fully saturated rings. The SMILES string of the molecule is CC(C)c1ocnc1C(=O)N1CCCC[C@@H]1c1nccs1. The maximum absolute atomic E-state index is 12.9. The summed E-state index contributed by atoms with van der Waals surface area (Å²) < 4.78 is 5.39.